The molecular weight excluding hydrogens is 346 g/mol. The van der Waals surface area contributed by atoms with Crippen LogP contribution >= 0.6 is 28.7 Å². The number of halogens is 1. The van der Waals surface area contributed by atoms with Gasteiger partial charge in [0.05, 0.1) is 17.7 Å². The van der Waals surface area contributed by atoms with Crippen LogP contribution in [-0.4, -0.2) is 39.6 Å². The Labute approximate surface area is 129 Å². The van der Waals surface area contributed by atoms with Gasteiger partial charge in [-0.1, -0.05) is 23.9 Å². The molecule has 0 aromatic heterocycles. The minimum absolute atomic E-state index is 0. The Kier molecular flexibility index (Phi) is 3.96. The van der Waals surface area contributed by atoms with E-state index in [1.54, 1.807) is 24.3 Å². The number of rotatable bonds is 2. The summed E-state index contributed by atoms with van der Waals surface area (Å²) in [6, 6.07) is 6.60. The number of amidine groups is 1. The summed E-state index contributed by atoms with van der Waals surface area (Å²) < 4.78 is 0. The van der Waals surface area contributed by atoms with Crippen LogP contribution < -0.4 is 5.73 Å². The van der Waals surface area contributed by atoms with Gasteiger partial charge in [0.1, 0.15) is 5.25 Å². The molecule has 1 atom stereocenters. The summed E-state index contributed by atoms with van der Waals surface area (Å²) in [6.07, 6.45) is 0. The van der Waals surface area contributed by atoms with Crippen molar-refractivity contribution < 1.29 is 14.4 Å². The number of fused-ring (bicyclic) bond motifs is 1. The summed E-state index contributed by atoms with van der Waals surface area (Å²) in [5.41, 5.74) is 6.19. The third kappa shape index (κ3) is 2.25. The first kappa shape index (κ1) is 14.7. The molecule has 0 saturated carbocycles. The van der Waals surface area contributed by atoms with E-state index in [-0.39, 0.29) is 40.5 Å². The normalized spacial score (nSPS) is 20.8. The molecule has 1 unspecified atom stereocenters. The third-order valence-corrected chi connectivity index (χ3v) is 3.95. The smallest absolute Gasteiger partial charge is 0.263 e. The summed E-state index contributed by atoms with van der Waals surface area (Å²) in [4.78, 5) is 40.4. The maximum absolute atomic E-state index is 12.1. The molecule has 0 bridgehead atoms. The Bertz CT molecular complexity index is 612. The van der Waals surface area contributed by atoms with Gasteiger partial charge in [-0.2, -0.15) is 4.99 Å². The predicted octanol–water partition coefficient (Wildman–Crippen LogP) is 0.817. The number of amides is 3. The Morgan fingerprint density at radius 1 is 1.15 bits per heavy atom. The van der Waals surface area contributed by atoms with E-state index in [9.17, 15) is 14.4 Å². The fraction of sp³-hybridized carbons (Fsp3) is 0.167. The Hall–Kier alpha value is -1.67. The number of thioether (sulfide) groups is 1. The maximum Gasteiger partial charge on any atom is 0.263 e. The van der Waals surface area contributed by atoms with Gasteiger partial charge in [0, 0.05) is 0 Å². The van der Waals surface area contributed by atoms with Crippen molar-refractivity contribution in [3.05, 3.63) is 35.4 Å². The van der Waals surface area contributed by atoms with Crippen LogP contribution in [0.5, 0.6) is 0 Å². The molecule has 3 amide bonds. The zero-order valence-electron chi connectivity index (χ0n) is 10.1. The first-order valence-corrected chi connectivity index (χ1v) is 6.46. The van der Waals surface area contributed by atoms with E-state index >= 15 is 0 Å². The number of benzene rings is 1. The summed E-state index contributed by atoms with van der Waals surface area (Å²) in [5.74, 6) is -1.15. The van der Waals surface area contributed by atoms with Gasteiger partial charge in [0.15, 0.2) is 5.17 Å². The Balaban J connectivity index is 0.00000147. The molecule has 20 heavy (non-hydrogen) atoms. The van der Waals surface area contributed by atoms with Gasteiger partial charge in [0.2, 0.25) is 0 Å². The average Bonchev–Trinajstić information content (AvgIpc) is 2.83. The van der Waals surface area contributed by atoms with Crippen molar-refractivity contribution in [3.8, 4) is 0 Å². The zero-order chi connectivity index (χ0) is 13.6. The van der Waals surface area contributed by atoms with E-state index in [0.717, 1.165) is 16.7 Å². The molecule has 3 rings (SSSR count). The van der Waals surface area contributed by atoms with Crippen LogP contribution in [0.3, 0.4) is 0 Å². The van der Waals surface area contributed by atoms with E-state index in [2.05, 4.69) is 4.99 Å². The minimum atomic E-state index is -0.595. The number of nitrogens with two attached hydrogens (primary N) is 1. The van der Waals surface area contributed by atoms with Crippen molar-refractivity contribution in [1.29, 1.82) is 0 Å². The molecule has 2 aliphatic heterocycles. The number of carbonyl (C=O) groups excluding carboxylic acids is 3. The lowest BCUT2D eigenvalue weighted by Crippen LogP contribution is -2.37. The number of aliphatic imine (C=N–C) groups is 1. The summed E-state index contributed by atoms with van der Waals surface area (Å²) in [6.45, 7) is 0.0000463. The molecule has 0 radical (unpaired) electrons. The van der Waals surface area contributed by atoms with E-state index in [4.69, 9.17) is 5.73 Å². The topological polar surface area (TPSA) is 92.8 Å². The minimum Gasteiger partial charge on any atom is -0.378 e. The second-order valence-corrected chi connectivity index (χ2v) is 5.38. The number of hydrogen-bond donors (Lipinski definition) is 1. The summed E-state index contributed by atoms with van der Waals surface area (Å²) in [5, 5.41) is -0.422. The lowest BCUT2D eigenvalue weighted by Gasteiger charge is -2.16. The highest BCUT2D eigenvalue weighted by atomic mass is 79.9. The molecule has 2 aliphatic rings. The SMILES string of the molecule is Br.NC1=NC(=O)C(CN2C(=O)c3ccccc3C2=O)S1. The van der Waals surface area contributed by atoms with Crippen molar-refractivity contribution in [2.75, 3.05) is 6.54 Å². The molecule has 1 aromatic carbocycles. The Morgan fingerprint density at radius 2 is 1.70 bits per heavy atom. The van der Waals surface area contributed by atoms with Gasteiger partial charge in [-0.05, 0) is 12.1 Å². The molecule has 0 aliphatic carbocycles. The second kappa shape index (κ2) is 5.37. The van der Waals surface area contributed by atoms with Crippen LogP contribution in [0, 0.1) is 0 Å². The van der Waals surface area contributed by atoms with Crippen molar-refractivity contribution in [3.63, 3.8) is 0 Å². The summed E-state index contributed by atoms with van der Waals surface area (Å²) >= 11 is 1.08. The maximum atomic E-state index is 12.1. The van der Waals surface area contributed by atoms with Crippen molar-refractivity contribution in [1.82, 2.24) is 4.90 Å². The molecule has 104 valence electrons. The molecule has 2 N–H and O–H groups in total. The highest BCUT2D eigenvalue weighted by Crippen LogP contribution is 2.27. The van der Waals surface area contributed by atoms with E-state index in [1.807, 2.05) is 0 Å². The quantitative estimate of drug-likeness (QED) is 0.792. The number of nitrogens with zero attached hydrogens (tertiary/aromatic N) is 2. The van der Waals surface area contributed by atoms with Gasteiger partial charge >= 0.3 is 0 Å². The third-order valence-electron chi connectivity index (χ3n) is 2.99. The molecule has 0 fully saturated rings. The number of imide groups is 1. The number of hydrogen-bond acceptors (Lipinski definition) is 5. The Morgan fingerprint density at radius 3 is 2.15 bits per heavy atom. The fourth-order valence-corrected chi connectivity index (χ4v) is 2.90. The zero-order valence-corrected chi connectivity index (χ0v) is 12.6. The standard InChI is InChI=1S/C12H9N3O3S.BrH/c13-12-14-9(16)8(19-12)5-15-10(17)6-3-1-2-4-7(6)11(15)18;/h1-4,8H,5H2,(H2,13,14,16);1H. The van der Waals surface area contributed by atoms with Gasteiger partial charge in [0.25, 0.3) is 17.7 Å². The van der Waals surface area contributed by atoms with Crippen molar-refractivity contribution >= 4 is 51.6 Å². The highest BCUT2D eigenvalue weighted by molar-refractivity contribution is 8.93. The molecule has 8 heteroatoms. The second-order valence-electron chi connectivity index (χ2n) is 4.16. The monoisotopic (exact) mass is 355 g/mol. The van der Waals surface area contributed by atoms with Crippen LogP contribution in [0.1, 0.15) is 20.7 Å². The predicted molar refractivity (Wildman–Crippen MR) is 80.1 cm³/mol. The van der Waals surface area contributed by atoms with Gasteiger partial charge < -0.3 is 5.73 Å². The van der Waals surface area contributed by atoms with Gasteiger partial charge in [-0.3, -0.25) is 19.3 Å². The summed E-state index contributed by atoms with van der Waals surface area (Å²) in [7, 11) is 0. The van der Waals surface area contributed by atoms with Crippen molar-refractivity contribution in [2.45, 2.75) is 5.25 Å². The van der Waals surface area contributed by atoms with E-state index in [1.165, 1.54) is 0 Å². The highest BCUT2D eigenvalue weighted by Gasteiger charge is 2.39. The average molecular weight is 356 g/mol. The van der Waals surface area contributed by atoms with Crippen molar-refractivity contribution in [2.24, 2.45) is 10.7 Å². The molecule has 2 heterocycles. The number of carbonyl (C=O) groups is 3. The molecule has 6 nitrogen and oxygen atoms in total. The molecular formula is C12H10BrN3O3S. The fourth-order valence-electron chi connectivity index (χ4n) is 2.09. The molecule has 1 aromatic rings. The van der Waals surface area contributed by atoms with E-state index in [0.29, 0.717) is 11.1 Å². The van der Waals surface area contributed by atoms with Crippen LogP contribution in [0.4, 0.5) is 0 Å². The van der Waals surface area contributed by atoms with Gasteiger partial charge in [-0.15, -0.1) is 17.0 Å². The van der Waals surface area contributed by atoms with Crippen LogP contribution in [0.15, 0.2) is 29.3 Å². The van der Waals surface area contributed by atoms with Crippen LogP contribution in [0.2, 0.25) is 0 Å². The largest absolute Gasteiger partial charge is 0.378 e. The first-order valence-electron chi connectivity index (χ1n) is 5.58. The van der Waals surface area contributed by atoms with E-state index < -0.39 is 11.2 Å². The van der Waals surface area contributed by atoms with Crippen LogP contribution in [0.25, 0.3) is 0 Å². The molecule has 0 spiro atoms. The van der Waals surface area contributed by atoms with Crippen LogP contribution in [-0.2, 0) is 4.79 Å². The lowest BCUT2D eigenvalue weighted by atomic mass is 10.1. The lowest BCUT2D eigenvalue weighted by molar-refractivity contribution is -0.117. The first-order chi connectivity index (χ1) is 9.08. The van der Waals surface area contributed by atoms with Gasteiger partial charge in [-0.25, -0.2) is 0 Å². The molecule has 0 saturated heterocycles.